The van der Waals surface area contributed by atoms with Gasteiger partial charge in [-0.2, -0.15) is 0 Å². The summed E-state index contributed by atoms with van der Waals surface area (Å²) in [4.78, 5) is 61.5. The average molecular weight is 708 g/mol. The van der Waals surface area contributed by atoms with Crippen LogP contribution in [0.2, 0.25) is 0 Å². The van der Waals surface area contributed by atoms with E-state index >= 15 is 0 Å². The first-order valence-corrected chi connectivity index (χ1v) is 19.3. The number of hydrogen-bond donors (Lipinski definition) is 3. The summed E-state index contributed by atoms with van der Waals surface area (Å²) in [6.07, 6.45) is 7.22. The smallest absolute Gasteiger partial charge is 0.259 e. The Morgan fingerprint density at radius 2 is 1.92 bits per heavy atom. The summed E-state index contributed by atoms with van der Waals surface area (Å²) >= 11 is 0. The molecule has 3 fully saturated rings. The van der Waals surface area contributed by atoms with Crippen LogP contribution in [0.4, 0.5) is 0 Å². The highest BCUT2D eigenvalue weighted by molar-refractivity contribution is 7.91. The molecule has 4 aliphatic rings. The molecule has 0 unspecified atom stereocenters. The molecule has 270 valence electrons. The quantitative estimate of drug-likeness (QED) is 0.368. The Morgan fingerprint density at radius 1 is 1.16 bits per heavy atom. The molecule has 13 heteroatoms. The fraction of sp³-hybridized carbons (Fsp3) is 0.595. The molecular formula is C37H49N5O7S. The molecule has 4 bridgehead atoms. The highest BCUT2D eigenvalue weighted by Crippen LogP contribution is 2.45. The van der Waals surface area contributed by atoms with Crippen molar-refractivity contribution in [1.29, 1.82) is 0 Å². The second kappa shape index (κ2) is 13.6. The molecule has 1 aromatic carbocycles. The zero-order valence-corrected chi connectivity index (χ0v) is 30.2. The van der Waals surface area contributed by atoms with Gasteiger partial charge < -0.3 is 20.3 Å². The Balaban J connectivity index is 1.32. The van der Waals surface area contributed by atoms with Crippen molar-refractivity contribution in [1.82, 2.24) is 25.2 Å². The lowest BCUT2D eigenvalue weighted by atomic mass is 9.89. The van der Waals surface area contributed by atoms with Gasteiger partial charge in [0.25, 0.3) is 5.91 Å². The standard InChI is InChI=1S/C37H49N5O7S/c1-6-25-20-37(25,35(46)41-50(47,48)27-12-13-27)40-32(44)30-18-26-21-42(30)34(45)28(22(2)3)19-31(43)39-36(4,5)15-8-7-9-23-10-11-24-14-16-38-33(49-26)29(24)17-23/h6,10-11,14,16-17,22,25-28,30H,1,7-9,12-13,15,18-21H2,2-5H3,(H,39,43)(H,40,44)(H,41,46)/t25-,26+,28-,30-,37+/m0/s1. The van der Waals surface area contributed by atoms with Crippen LogP contribution in [0.5, 0.6) is 5.88 Å². The van der Waals surface area contributed by atoms with E-state index < -0.39 is 62.1 Å². The maximum absolute atomic E-state index is 14.4. The van der Waals surface area contributed by atoms with Crippen molar-refractivity contribution in [3.8, 4) is 5.88 Å². The first-order chi connectivity index (χ1) is 23.6. The van der Waals surface area contributed by atoms with E-state index in [0.29, 0.717) is 18.7 Å². The van der Waals surface area contributed by atoms with E-state index in [0.717, 1.165) is 42.0 Å². The Morgan fingerprint density at radius 3 is 2.60 bits per heavy atom. The maximum Gasteiger partial charge on any atom is 0.259 e. The largest absolute Gasteiger partial charge is 0.472 e. The molecule has 50 heavy (non-hydrogen) atoms. The molecule has 2 aliphatic carbocycles. The first kappa shape index (κ1) is 35.8. The van der Waals surface area contributed by atoms with Crippen LogP contribution < -0.4 is 20.1 Å². The van der Waals surface area contributed by atoms with Gasteiger partial charge in [-0.1, -0.05) is 38.5 Å². The molecule has 5 atom stereocenters. The zero-order chi connectivity index (χ0) is 36.0. The average Bonchev–Trinajstić information content (AvgIpc) is 3.98. The number of nitrogens with one attached hydrogen (secondary N) is 3. The van der Waals surface area contributed by atoms with Crippen LogP contribution >= 0.6 is 0 Å². The summed E-state index contributed by atoms with van der Waals surface area (Å²) in [6, 6.07) is 7.07. The van der Waals surface area contributed by atoms with E-state index in [1.165, 1.54) is 11.0 Å². The minimum Gasteiger partial charge on any atom is -0.472 e. The number of aromatic nitrogens is 1. The number of carbonyl (C=O) groups is 4. The molecule has 1 saturated heterocycles. The molecule has 2 aliphatic heterocycles. The number of fused-ring (bicyclic) bond motifs is 3. The van der Waals surface area contributed by atoms with Crippen molar-refractivity contribution in [2.45, 2.75) is 114 Å². The highest BCUT2D eigenvalue weighted by Gasteiger charge is 2.62. The van der Waals surface area contributed by atoms with Crippen molar-refractivity contribution >= 4 is 44.4 Å². The fourth-order valence-corrected chi connectivity index (χ4v) is 8.76. The number of carbonyl (C=O) groups excluding carboxylic acids is 4. The third kappa shape index (κ3) is 7.52. The van der Waals surface area contributed by atoms with Gasteiger partial charge in [0.1, 0.15) is 17.7 Å². The lowest BCUT2D eigenvalue weighted by Crippen LogP contribution is -2.57. The van der Waals surface area contributed by atoms with Gasteiger partial charge in [0.05, 0.1) is 11.8 Å². The predicted octanol–water partition coefficient (Wildman–Crippen LogP) is 3.54. The van der Waals surface area contributed by atoms with Gasteiger partial charge in [-0.3, -0.25) is 23.9 Å². The molecule has 2 saturated carbocycles. The number of benzene rings is 1. The number of aryl methyl sites for hydroxylation is 1. The number of amides is 4. The van der Waals surface area contributed by atoms with Crippen LogP contribution in [0.1, 0.15) is 84.6 Å². The van der Waals surface area contributed by atoms with Gasteiger partial charge >= 0.3 is 0 Å². The molecule has 0 radical (unpaired) electrons. The molecule has 4 amide bonds. The van der Waals surface area contributed by atoms with Crippen LogP contribution in [-0.4, -0.2) is 76.9 Å². The molecule has 3 heterocycles. The minimum atomic E-state index is -3.86. The molecular weight excluding hydrogens is 659 g/mol. The van der Waals surface area contributed by atoms with E-state index in [1.54, 1.807) is 6.20 Å². The Hall–Kier alpha value is -4.00. The number of nitrogens with zero attached hydrogens (tertiary/aromatic N) is 2. The second-order valence-corrected chi connectivity index (χ2v) is 17.5. The van der Waals surface area contributed by atoms with Gasteiger partial charge in [0.2, 0.25) is 33.6 Å². The van der Waals surface area contributed by atoms with E-state index in [2.05, 4.69) is 39.1 Å². The van der Waals surface area contributed by atoms with Crippen LogP contribution in [-0.2, 0) is 35.6 Å². The van der Waals surface area contributed by atoms with E-state index in [-0.39, 0.29) is 43.5 Å². The molecule has 3 N–H and O–H groups in total. The lowest BCUT2D eigenvalue weighted by Gasteiger charge is -2.32. The third-order valence-electron chi connectivity index (χ3n) is 10.7. The van der Waals surface area contributed by atoms with Crippen molar-refractivity contribution in [3.05, 3.63) is 48.7 Å². The monoisotopic (exact) mass is 707 g/mol. The number of rotatable bonds is 7. The summed E-state index contributed by atoms with van der Waals surface area (Å²) in [6.45, 7) is 11.6. The van der Waals surface area contributed by atoms with E-state index in [1.807, 2.05) is 39.8 Å². The van der Waals surface area contributed by atoms with Gasteiger partial charge in [-0.25, -0.2) is 13.4 Å². The number of ether oxygens (including phenoxy) is 1. The summed E-state index contributed by atoms with van der Waals surface area (Å²) in [7, 11) is -3.86. The second-order valence-electron chi connectivity index (χ2n) is 15.5. The molecule has 1 aromatic heterocycles. The minimum absolute atomic E-state index is 0.0500. The molecule has 2 aromatic rings. The van der Waals surface area contributed by atoms with Crippen molar-refractivity contribution in [3.63, 3.8) is 0 Å². The van der Waals surface area contributed by atoms with Crippen LogP contribution in [0, 0.1) is 17.8 Å². The van der Waals surface area contributed by atoms with Crippen molar-refractivity contribution in [2.24, 2.45) is 17.8 Å². The Bertz CT molecular complexity index is 1810. The topological polar surface area (TPSA) is 164 Å². The fourth-order valence-electron chi connectivity index (χ4n) is 7.40. The summed E-state index contributed by atoms with van der Waals surface area (Å²) in [5.74, 6) is -3.02. The van der Waals surface area contributed by atoms with Crippen LogP contribution in [0.3, 0.4) is 0 Å². The SMILES string of the molecule is C=C[C@H]1C[C@]1(NC(=O)[C@@H]1C[C@@H]2CN1C(=O)[C@H](C(C)C)CC(=O)NC(C)(C)CCCCc1ccc3ccnc(c3c1)O2)C(=O)NS(=O)(=O)C1CC1. The zero-order valence-electron chi connectivity index (χ0n) is 29.4. The maximum atomic E-state index is 14.4. The van der Waals surface area contributed by atoms with E-state index in [4.69, 9.17) is 4.74 Å². The molecule has 12 nitrogen and oxygen atoms in total. The number of pyridine rings is 1. The van der Waals surface area contributed by atoms with Crippen LogP contribution in [0.25, 0.3) is 10.8 Å². The van der Waals surface area contributed by atoms with Gasteiger partial charge in [-0.15, -0.1) is 6.58 Å². The van der Waals surface area contributed by atoms with Gasteiger partial charge in [-0.05, 0) is 81.4 Å². The highest BCUT2D eigenvalue weighted by atomic mass is 32.2. The Labute approximate surface area is 294 Å². The van der Waals surface area contributed by atoms with Crippen molar-refractivity contribution < 1.29 is 32.3 Å². The molecule has 0 spiro atoms. The van der Waals surface area contributed by atoms with Crippen LogP contribution in [0.15, 0.2) is 43.1 Å². The third-order valence-corrected chi connectivity index (χ3v) is 12.5. The molecule has 6 rings (SSSR count). The van der Waals surface area contributed by atoms with Gasteiger partial charge in [0, 0.05) is 41.8 Å². The number of hydrogen-bond acceptors (Lipinski definition) is 8. The summed E-state index contributed by atoms with van der Waals surface area (Å²) in [5, 5.41) is 7.14. The summed E-state index contributed by atoms with van der Waals surface area (Å²) in [5.41, 5.74) is -0.847. The Kier molecular flexibility index (Phi) is 9.75. The first-order valence-electron chi connectivity index (χ1n) is 17.8. The van der Waals surface area contributed by atoms with E-state index in [9.17, 15) is 27.6 Å². The lowest BCUT2D eigenvalue weighted by molar-refractivity contribution is -0.145. The normalized spacial score (nSPS) is 28.7. The summed E-state index contributed by atoms with van der Waals surface area (Å²) < 4.78 is 34.0. The van der Waals surface area contributed by atoms with Gasteiger partial charge in [0.15, 0.2) is 0 Å². The van der Waals surface area contributed by atoms with Crippen molar-refractivity contribution in [2.75, 3.05) is 6.54 Å². The number of sulfonamides is 1. The predicted molar refractivity (Wildman–Crippen MR) is 188 cm³/mol.